The molecule has 2 bridgehead atoms. The molecule has 3 N–H and O–H groups in total. The van der Waals surface area contributed by atoms with Crippen LogP contribution in [0.15, 0.2) is 18.2 Å². The van der Waals surface area contributed by atoms with E-state index in [4.69, 9.17) is 10.5 Å². The zero-order valence-electron chi connectivity index (χ0n) is 11.1. The number of morpholine rings is 1. The van der Waals surface area contributed by atoms with Crippen LogP contribution < -0.4 is 11.1 Å². The van der Waals surface area contributed by atoms with E-state index >= 15 is 0 Å². The number of halogens is 1. The van der Waals surface area contributed by atoms with Gasteiger partial charge in [0, 0.05) is 13.1 Å². The minimum absolute atomic E-state index is 0.135. The number of carbonyl (C=O) groups excluding carboxylic acids is 1. The molecular formula is C14H18FN3O2. The van der Waals surface area contributed by atoms with Crippen molar-refractivity contribution in [3.05, 3.63) is 24.0 Å². The summed E-state index contributed by atoms with van der Waals surface area (Å²) in [6.45, 7) is 1.90. The molecular weight excluding hydrogens is 261 g/mol. The number of ether oxygens (including phenoxy) is 1. The minimum atomic E-state index is -0.412. The summed E-state index contributed by atoms with van der Waals surface area (Å²) in [5.41, 5.74) is 6.36. The lowest BCUT2D eigenvalue weighted by Crippen LogP contribution is -2.45. The molecule has 0 aliphatic carbocycles. The molecule has 2 saturated heterocycles. The lowest BCUT2D eigenvalue weighted by atomic mass is 10.2. The summed E-state index contributed by atoms with van der Waals surface area (Å²) in [7, 11) is 0. The smallest absolute Gasteiger partial charge is 0.238 e. The van der Waals surface area contributed by atoms with Crippen molar-refractivity contribution >= 4 is 17.3 Å². The summed E-state index contributed by atoms with van der Waals surface area (Å²) in [5.74, 6) is -0.546. The number of benzene rings is 1. The lowest BCUT2D eigenvalue weighted by molar-refractivity contribution is -0.119. The molecule has 5 nitrogen and oxygen atoms in total. The van der Waals surface area contributed by atoms with Crippen molar-refractivity contribution in [2.24, 2.45) is 0 Å². The Kier molecular flexibility index (Phi) is 3.58. The molecule has 1 aromatic rings. The Morgan fingerprint density at radius 3 is 2.75 bits per heavy atom. The molecule has 1 amide bonds. The van der Waals surface area contributed by atoms with Gasteiger partial charge in [0.15, 0.2) is 0 Å². The molecule has 20 heavy (non-hydrogen) atoms. The van der Waals surface area contributed by atoms with Gasteiger partial charge in [-0.15, -0.1) is 0 Å². The van der Waals surface area contributed by atoms with Crippen molar-refractivity contribution in [1.29, 1.82) is 0 Å². The lowest BCUT2D eigenvalue weighted by Gasteiger charge is -2.31. The number of hydrogen-bond acceptors (Lipinski definition) is 4. The Morgan fingerprint density at radius 1 is 1.40 bits per heavy atom. The van der Waals surface area contributed by atoms with Crippen LogP contribution in [0.5, 0.6) is 0 Å². The number of anilines is 2. The van der Waals surface area contributed by atoms with Crippen LogP contribution in [0, 0.1) is 5.82 Å². The molecule has 0 radical (unpaired) electrons. The molecule has 0 saturated carbocycles. The zero-order chi connectivity index (χ0) is 14.1. The monoisotopic (exact) mass is 279 g/mol. The summed E-state index contributed by atoms with van der Waals surface area (Å²) in [6.07, 6.45) is 2.68. The Labute approximate surface area is 116 Å². The number of carbonyl (C=O) groups is 1. The highest BCUT2D eigenvalue weighted by Crippen LogP contribution is 2.26. The van der Waals surface area contributed by atoms with E-state index < -0.39 is 5.82 Å². The van der Waals surface area contributed by atoms with Gasteiger partial charge in [-0.1, -0.05) is 0 Å². The van der Waals surface area contributed by atoms with Gasteiger partial charge in [0.1, 0.15) is 5.82 Å². The van der Waals surface area contributed by atoms with Crippen molar-refractivity contribution in [3.8, 4) is 0 Å². The maximum absolute atomic E-state index is 12.9. The molecule has 2 unspecified atom stereocenters. The van der Waals surface area contributed by atoms with Crippen LogP contribution in [0.3, 0.4) is 0 Å². The maximum Gasteiger partial charge on any atom is 0.238 e. The topological polar surface area (TPSA) is 67.6 Å². The number of nitrogen functional groups attached to an aromatic ring is 1. The predicted octanol–water partition coefficient (Wildman–Crippen LogP) is 1.21. The molecule has 3 rings (SSSR count). The highest BCUT2D eigenvalue weighted by molar-refractivity contribution is 5.95. The van der Waals surface area contributed by atoms with E-state index in [-0.39, 0.29) is 23.8 Å². The molecule has 2 heterocycles. The van der Waals surface area contributed by atoms with Gasteiger partial charge in [0.2, 0.25) is 5.91 Å². The first kappa shape index (κ1) is 13.3. The number of hydrogen-bond donors (Lipinski definition) is 2. The van der Waals surface area contributed by atoms with Crippen molar-refractivity contribution in [3.63, 3.8) is 0 Å². The normalized spacial score (nSPS) is 25.6. The SMILES string of the molecule is Nc1cc(F)ccc1NC(=O)CN1CC2CCC(C1)O2. The first-order valence-electron chi connectivity index (χ1n) is 6.83. The van der Waals surface area contributed by atoms with Gasteiger partial charge in [0.05, 0.1) is 30.1 Å². The number of fused-ring (bicyclic) bond motifs is 2. The maximum atomic E-state index is 12.9. The van der Waals surface area contributed by atoms with Gasteiger partial charge >= 0.3 is 0 Å². The van der Waals surface area contributed by atoms with Gasteiger partial charge in [0.25, 0.3) is 0 Å². The van der Waals surface area contributed by atoms with Crippen LogP contribution in [-0.2, 0) is 9.53 Å². The fourth-order valence-electron chi connectivity index (χ4n) is 2.87. The number of nitrogens with zero attached hydrogens (tertiary/aromatic N) is 1. The van der Waals surface area contributed by atoms with Crippen LogP contribution >= 0.6 is 0 Å². The predicted molar refractivity (Wildman–Crippen MR) is 73.8 cm³/mol. The molecule has 2 aliphatic rings. The molecule has 2 atom stereocenters. The van der Waals surface area contributed by atoms with E-state index in [0.717, 1.165) is 25.9 Å². The summed E-state index contributed by atoms with van der Waals surface area (Å²) >= 11 is 0. The molecule has 1 aromatic carbocycles. The van der Waals surface area contributed by atoms with Gasteiger partial charge in [-0.25, -0.2) is 4.39 Å². The average molecular weight is 279 g/mol. The van der Waals surface area contributed by atoms with Crippen molar-refractivity contribution < 1.29 is 13.9 Å². The number of nitrogens with one attached hydrogen (secondary N) is 1. The summed E-state index contributed by atoms with van der Waals surface area (Å²) < 4.78 is 18.7. The third-order valence-electron chi connectivity index (χ3n) is 3.77. The van der Waals surface area contributed by atoms with Crippen LogP contribution in [0.25, 0.3) is 0 Å². The number of amides is 1. The second kappa shape index (κ2) is 5.38. The third kappa shape index (κ3) is 2.91. The van der Waals surface area contributed by atoms with E-state index in [9.17, 15) is 9.18 Å². The highest BCUT2D eigenvalue weighted by Gasteiger charge is 2.34. The highest BCUT2D eigenvalue weighted by atomic mass is 19.1. The Balaban J connectivity index is 1.57. The Hall–Kier alpha value is -1.66. The van der Waals surface area contributed by atoms with E-state index in [0.29, 0.717) is 12.2 Å². The average Bonchev–Trinajstić information content (AvgIpc) is 2.72. The van der Waals surface area contributed by atoms with Gasteiger partial charge in [-0.2, -0.15) is 0 Å². The fourth-order valence-corrected chi connectivity index (χ4v) is 2.87. The molecule has 2 fully saturated rings. The van der Waals surface area contributed by atoms with Gasteiger partial charge in [-0.05, 0) is 31.0 Å². The third-order valence-corrected chi connectivity index (χ3v) is 3.77. The van der Waals surface area contributed by atoms with Crippen LogP contribution in [0.2, 0.25) is 0 Å². The van der Waals surface area contributed by atoms with Gasteiger partial charge < -0.3 is 15.8 Å². The Bertz CT molecular complexity index is 511. The second-order valence-corrected chi connectivity index (χ2v) is 5.43. The van der Waals surface area contributed by atoms with E-state index in [1.165, 1.54) is 18.2 Å². The number of likely N-dealkylation sites (tertiary alicyclic amines) is 1. The number of nitrogens with two attached hydrogens (primary N) is 1. The van der Waals surface area contributed by atoms with Gasteiger partial charge in [-0.3, -0.25) is 9.69 Å². The second-order valence-electron chi connectivity index (χ2n) is 5.43. The van der Waals surface area contributed by atoms with E-state index in [1.54, 1.807) is 0 Å². The zero-order valence-corrected chi connectivity index (χ0v) is 11.1. The standard InChI is InChI=1S/C14H18FN3O2/c15-9-1-4-13(12(16)5-9)17-14(19)8-18-6-10-2-3-11(7-18)20-10/h1,4-5,10-11H,2-3,6-8,16H2,(H,17,19). The largest absolute Gasteiger partial charge is 0.397 e. The summed E-state index contributed by atoms with van der Waals surface area (Å²) in [5, 5.41) is 2.72. The molecule has 6 heteroatoms. The van der Waals surface area contributed by atoms with Crippen LogP contribution in [0.1, 0.15) is 12.8 Å². The fraction of sp³-hybridized carbons (Fsp3) is 0.500. The van der Waals surface area contributed by atoms with Crippen molar-refractivity contribution in [1.82, 2.24) is 4.90 Å². The first-order valence-corrected chi connectivity index (χ1v) is 6.83. The Morgan fingerprint density at radius 2 is 2.10 bits per heavy atom. The minimum Gasteiger partial charge on any atom is -0.397 e. The van der Waals surface area contributed by atoms with E-state index in [2.05, 4.69) is 10.2 Å². The molecule has 108 valence electrons. The first-order chi connectivity index (χ1) is 9.60. The van der Waals surface area contributed by atoms with Crippen LogP contribution in [0.4, 0.5) is 15.8 Å². The molecule has 2 aliphatic heterocycles. The van der Waals surface area contributed by atoms with E-state index in [1.807, 2.05) is 0 Å². The summed E-state index contributed by atoms with van der Waals surface area (Å²) in [6, 6.07) is 3.96. The molecule has 0 aromatic heterocycles. The quantitative estimate of drug-likeness (QED) is 0.816. The number of rotatable bonds is 3. The van der Waals surface area contributed by atoms with Crippen LogP contribution in [-0.4, -0.2) is 42.6 Å². The molecule has 0 spiro atoms. The van der Waals surface area contributed by atoms with Crippen molar-refractivity contribution in [2.45, 2.75) is 25.0 Å². The van der Waals surface area contributed by atoms with Crippen molar-refractivity contribution in [2.75, 3.05) is 30.7 Å². The summed E-state index contributed by atoms with van der Waals surface area (Å²) in [4.78, 5) is 14.1.